The number of carbonyl (C=O) groups excluding carboxylic acids is 1. The number of anilines is 1. The second kappa shape index (κ2) is 7.45. The summed E-state index contributed by atoms with van der Waals surface area (Å²) in [5.41, 5.74) is 0.739. The largest absolute Gasteiger partial charge is 0.497 e. The zero-order chi connectivity index (χ0) is 17.7. The molecule has 0 aliphatic carbocycles. The molecule has 1 atom stereocenters. The maximum Gasteiger partial charge on any atom is 0.274 e. The van der Waals surface area contributed by atoms with Gasteiger partial charge < -0.3 is 14.8 Å². The van der Waals surface area contributed by atoms with E-state index in [1.807, 2.05) is 0 Å². The van der Waals surface area contributed by atoms with Gasteiger partial charge in [0.1, 0.15) is 11.5 Å². The van der Waals surface area contributed by atoms with Crippen LogP contribution in [-0.2, 0) is 4.79 Å². The molecule has 0 saturated heterocycles. The molecule has 1 amide bonds. The van der Waals surface area contributed by atoms with Gasteiger partial charge in [-0.25, -0.2) is 0 Å². The van der Waals surface area contributed by atoms with Crippen LogP contribution in [0.1, 0.15) is 12.5 Å². The van der Waals surface area contributed by atoms with E-state index in [4.69, 9.17) is 9.47 Å². The number of hydrogen-bond acceptors (Lipinski definition) is 5. The molecule has 0 spiro atoms. The molecule has 0 heterocycles. The Bertz CT molecular complexity index is 743. The van der Waals surface area contributed by atoms with Crippen molar-refractivity contribution in [2.24, 2.45) is 0 Å². The van der Waals surface area contributed by atoms with E-state index in [1.54, 1.807) is 51.3 Å². The van der Waals surface area contributed by atoms with Gasteiger partial charge in [0, 0.05) is 6.07 Å². The minimum Gasteiger partial charge on any atom is -0.497 e. The van der Waals surface area contributed by atoms with Gasteiger partial charge >= 0.3 is 0 Å². The van der Waals surface area contributed by atoms with Crippen molar-refractivity contribution in [3.63, 3.8) is 0 Å². The SMILES string of the molecule is COc1ccc(OC(C)C(=O)Nc2cccc([N+](=O)[O-])c2C)cc1. The highest BCUT2D eigenvalue weighted by Gasteiger charge is 2.19. The van der Waals surface area contributed by atoms with E-state index in [9.17, 15) is 14.9 Å². The number of nitrogens with zero attached hydrogens (tertiary/aromatic N) is 1. The van der Waals surface area contributed by atoms with Crippen LogP contribution in [0.15, 0.2) is 42.5 Å². The summed E-state index contributed by atoms with van der Waals surface area (Å²) in [4.78, 5) is 22.7. The van der Waals surface area contributed by atoms with Crippen LogP contribution in [-0.4, -0.2) is 24.0 Å². The molecule has 1 N–H and O–H groups in total. The molecule has 0 aliphatic heterocycles. The second-order valence-corrected chi connectivity index (χ2v) is 5.13. The Hall–Kier alpha value is -3.09. The highest BCUT2D eigenvalue weighted by molar-refractivity contribution is 5.95. The molecule has 0 aromatic heterocycles. The molecular formula is C17H18N2O5. The van der Waals surface area contributed by atoms with Crippen molar-refractivity contribution in [2.75, 3.05) is 12.4 Å². The molecule has 2 aromatic rings. The molecule has 1 unspecified atom stereocenters. The molecule has 0 radical (unpaired) electrons. The van der Waals surface area contributed by atoms with Crippen molar-refractivity contribution < 1.29 is 19.2 Å². The van der Waals surface area contributed by atoms with Crippen LogP contribution in [0.5, 0.6) is 11.5 Å². The summed E-state index contributed by atoms with van der Waals surface area (Å²) in [6, 6.07) is 11.4. The van der Waals surface area contributed by atoms with Crippen LogP contribution in [0.25, 0.3) is 0 Å². The lowest BCUT2D eigenvalue weighted by Crippen LogP contribution is -2.30. The molecule has 2 aromatic carbocycles. The molecule has 0 fully saturated rings. The normalized spacial score (nSPS) is 11.5. The number of rotatable bonds is 6. The van der Waals surface area contributed by atoms with Crippen LogP contribution in [0.4, 0.5) is 11.4 Å². The van der Waals surface area contributed by atoms with Gasteiger partial charge in [-0.05, 0) is 44.2 Å². The fourth-order valence-corrected chi connectivity index (χ4v) is 2.10. The lowest BCUT2D eigenvalue weighted by molar-refractivity contribution is -0.385. The standard InChI is InChI=1S/C17H18N2O5/c1-11-15(5-4-6-16(11)19(21)22)18-17(20)12(2)24-14-9-7-13(23-3)8-10-14/h4-10,12H,1-3H3,(H,18,20). The number of benzene rings is 2. The molecule has 0 saturated carbocycles. The second-order valence-electron chi connectivity index (χ2n) is 5.13. The summed E-state index contributed by atoms with van der Waals surface area (Å²) in [6.07, 6.45) is -0.767. The number of amides is 1. The molecule has 2 rings (SSSR count). The van der Waals surface area contributed by atoms with E-state index in [1.165, 1.54) is 12.1 Å². The summed E-state index contributed by atoms with van der Waals surface area (Å²) in [5.74, 6) is 0.815. The van der Waals surface area contributed by atoms with Gasteiger partial charge in [-0.3, -0.25) is 14.9 Å². The molecule has 7 nitrogen and oxygen atoms in total. The lowest BCUT2D eigenvalue weighted by Gasteiger charge is -2.16. The first-order valence-electron chi connectivity index (χ1n) is 7.28. The smallest absolute Gasteiger partial charge is 0.274 e. The summed E-state index contributed by atoms with van der Waals surface area (Å²) < 4.78 is 10.6. The molecule has 126 valence electrons. The minimum absolute atomic E-state index is 0.0449. The van der Waals surface area contributed by atoms with Crippen LogP contribution in [0.2, 0.25) is 0 Å². The Morgan fingerprint density at radius 2 is 1.79 bits per heavy atom. The van der Waals surface area contributed by atoms with E-state index < -0.39 is 16.9 Å². The van der Waals surface area contributed by atoms with Crippen molar-refractivity contribution in [1.29, 1.82) is 0 Å². The average molecular weight is 330 g/mol. The Morgan fingerprint density at radius 1 is 1.17 bits per heavy atom. The zero-order valence-electron chi connectivity index (χ0n) is 13.6. The van der Waals surface area contributed by atoms with Crippen LogP contribution in [0.3, 0.4) is 0 Å². The number of hydrogen-bond donors (Lipinski definition) is 1. The Kier molecular flexibility index (Phi) is 5.36. The molecule has 0 bridgehead atoms. The van der Waals surface area contributed by atoms with E-state index in [0.717, 1.165) is 0 Å². The van der Waals surface area contributed by atoms with E-state index in [2.05, 4.69) is 5.32 Å². The van der Waals surface area contributed by atoms with Gasteiger partial charge in [-0.2, -0.15) is 0 Å². The average Bonchev–Trinajstić information content (AvgIpc) is 2.57. The highest BCUT2D eigenvalue weighted by atomic mass is 16.6. The van der Waals surface area contributed by atoms with E-state index in [0.29, 0.717) is 22.7 Å². The van der Waals surface area contributed by atoms with Crippen molar-refractivity contribution in [1.82, 2.24) is 0 Å². The number of nitrogens with one attached hydrogen (secondary N) is 1. The van der Waals surface area contributed by atoms with Gasteiger partial charge in [0.25, 0.3) is 11.6 Å². The van der Waals surface area contributed by atoms with Crippen molar-refractivity contribution >= 4 is 17.3 Å². The number of nitro benzene ring substituents is 1. The van der Waals surface area contributed by atoms with Crippen molar-refractivity contribution in [2.45, 2.75) is 20.0 Å². The van der Waals surface area contributed by atoms with Crippen LogP contribution >= 0.6 is 0 Å². The van der Waals surface area contributed by atoms with Crippen LogP contribution in [0, 0.1) is 17.0 Å². The van der Waals surface area contributed by atoms with E-state index >= 15 is 0 Å². The first-order valence-corrected chi connectivity index (χ1v) is 7.28. The van der Waals surface area contributed by atoms with Gasteiger partial charge in [-0.1, -0.05) is 6.07 Å². The molecule has 24 heavy (non-hydrogen) atoms. The van der Waals surface area contributed by atoms with Crippen molar-refractivity contribution in [3.8, 4) is 11.5 Å². The molecule has 7 heteroatoms. The quantitative estimate of drug-likeness (QED) is 0.648. The summed E-state index contributed by atoms with van der Waals surface area (Å²) in [6.45, 7) is 3.19. The summed E-state index contributed by atoms with van der Waals surface area (Å²) in [5, 5.41) is 13.6. The number of nitro groups is 1. The third kappa shape index (κ3) is 4.01. The Morgan fingerprint density at radius 3 is 2.38 bits per heavy atom. The summed E-state index contributed by atoms with van der Waals surface area (Å²) in [7, 11) is 1.56. The topological polar surface area (TPSA) is 90.7 Å². The number of carbonyl (C=O) groups is 1. The monoisotopic (exact) mass is 330 g/mol. The lowest BCUT2D eigenvalue weighted by atomic mass is 10.1. The van der Waals surface area contributed by atoms with Gasteiger partial charge in [0.15, 0.2) is 6.10 Å². The third-order valence-electron chi connectivity index (χ3n) is 3.50. The Labute approximate surface area is 139 Å². The maximum atomic E-state index is 12.2. The van der Waals surface area contributed by atoms with Crippen molar-refractivity contribution in [3.05, 3.63) is 58.1 Å². The maximum absolute atomic E-state index is 12.2. The molecular weight excluding hydrogens is 312 g/mol. The Balaban J connectivity index is 2.06. The highest BCUT2D eigenvalue weighted by Crippen LogP contribution is 2.25. The van der Waals surface area contributed by atoms with Crippen LogP contribution < -0.4 is 14.8 Å². The van der Waals surface area contributed by atoms with Gasteiger partial charge in [0.05, 0.1) is 23.3 Å². The fourth-order valence-electron chi connectivity index (χ4n) is 2.10. The predicted octanol–water partition coefficient (Wildman–Crippen LogP) is 3.32. The van der Waals surface area contributed by atoms with Gasteiger partial charge in [-0.15, -0.1) is 0 Å². The zero-order valence-corrected chi connectivity index (χ0v) is 13.6. The predicted molar refractivity (Wildman–Crippen MR) is 89.5 cm³/mol. The summed E-state index contributed by atoms with van der Waals surface area (Å²) >= 11 is 0. The number of ether oxygens (including phenoxy) is 2. The van der Waals surface area contributed by atoms with Gasteiger partial charge in [0.2, 0.25) is 0 Å². The first-order chi connectivity index (χ1) is 11.4. The first kappa shape index (κ1) is 17.3. The number of methoxy groups -OCH3 is 1. The third-order valence-corrected chi connectivity index (χ3v) is 3.50. The fraction of sp³-hybridized carbons (Fsp3) is 0.235. The minimum atomic E-state index is -0.767. The van der Waals surface area contributed by atoms with E-state index in [-0.39, 0.29) is 5.69 Å². The molecule has 0 aliphatic rings.